The van der Waals surface area contributed by atoms with E-state index in [1.165, 1.54) is 16.8 Å². The fourth-order valence-electron chi connectivity index (χ4n) is 2.55. The maximum Gasteiger partial charge on any atom is 0.119 e. The van der Waals surface area contributed by atoms with E-state index >= 15 is 0 Å². The number of hydrogen-bond donors (Lipinski definition) is 0. The summed E-state index contributed by atoms with van der Waals surface area (Å²) in [5, 5.41) is 0. The van der Waals surface area contributed by atoms with Crippen LogP contribution in [0.15, 0.2) is 48.5 Å². The van der Waals surface area contributed by atoms with Crippen molar-refractivity contribution in [2.75, 3.05) is 24.6 Å². The fourth-order valence-corrected chi connectivity index (χ4v) is 2.55. The van der Waals surface area contributed by atoms with Crippen molar-refractivity contribution in [2.45, 2.75) is 13.3 Å². The Morgan fingerprint density at radius 3 is 2.68 bits per heavy atom. The van der Waals surface area contributed by atoms with Crippen molar-refractivity contribution in [1.82, 2.24) is 0 Å². The average molecular weight is 253 g/mol. The van der Waals surface area contributed by atoms with Gasteiger partial charge in [0.25, 0.3) is 0 Å². The molecule has 19 heavy (non-hydrogen) atoms. The first-order chi connectivity index (χ1) is 9.33. The number of hydrogen-bond acceptors (Lipinski definition) is 2. The second-order valence-corrected chi connectivity index (χ2v) is 5.03. The molecule has 1 aliphatic heterocycles. The third kappa shape index (κ3) is 2.73. The topological polar surface area (TPSA) is 12.5 Å². The summed E-state index contributed by atoms with van der Waals surface area (Å²) < 4.78 is 5.80. The van der Waals surface area contributed by atoms with Gasteiger partial charge in [-0.15, -0.1) is 0 Å². The van der Waals surface area contributed by atoms with Crippen LogP contribution in [0.25, 0.3) is 0 Å². The number of fused-ring (bicyclic) bond motifs is 1. The van der Waals surface area contributed by atoms with Crippen molar-refractivity contribution in [2.24, 2.45) is 0 Å². The minimum Gasteiger partial charge on any atom is -0.492 e. The standard InChI is InChI=1S/C17H19NO/c1-14-6-8-16(9-7-14)19-13-12-18-11-10-15-4-2-3-5-17(15)18/h2-9H,10-13H2,1H3. The van der Waals surface area contributed by atoms with Crippen LogP contribution in [0.2, 0.25) is 0 Å². The number of rotatable bonds is 4. The molecule has 1 heterocycles. The molecule has 2 nitrogen and oxygen atoms in total. The molecule has 0 N–H and O–H groups in total. The summed E-state index contributed by atoms with van der Waals surface area (Å²) in [5.41, 5.74) is 4.09. The predicted octanol–water partition coefficient (Wildman–Crippen LogP) is 3.44. The van der Waals surface area contributed by atoms with Gasteiger partial charge in [0, 0.05) is 12.2 Å². The minimum absolute atomic E-state index is 0.734. The van der Waals surface area contributed by atoms with E-state index in [9.17, 15) is 0 Å². The molecule has 98 valence electrons. The predicted molar refractivity (Wildman–Crippen MR) is 79.0 cm³/mol. The Hall–Kier alpha value is -1.96. The summed E-state index contributed by atoms with van der Waals surface area (Å²) in [5.74, 6) is 0.957. The van der Waals surface area contributed by atoms with Gasteiger partial charge < -0.3 is 9.64 Å². The zero-order chi connectivity index (χ0) is 13.1. The van der Waals surface area contributed by atoms with Crippen molar-refractivity contribution in [3.8, 4) is 5.75 Å². The monoisotopic (exact) mass is 253 g/mol. The van der Waals surface area contributed by atoms with Crippen LogP contribution in [0, 0.1) is 6.92 Å². The van der Waals surface area contributed by atoms with Crippen LogP contribution in [0.4, 0.5) is 5.69 Å². The number of para-hydroxylation sites is 1. The van der Waals surface area contributed by atoms with Crippen LogP contribution in [0.3, 0.4) is 0 Å². The summed E-state index contributed by atoms with van der Waals surface area (Å²) in [6.07, 6.45) is 1.15. The highest BCUT2D eigenvalue weighted by Crippen LogP contribution is 2.26. The number of ether oxygens (including phenoxy) is 1. The molecule has 0 aliphatic carbocycles. The minimum atomic E-state index is 0.734. The Bertz CT molecular complexity index is 547. The van der Waals surface area contributed by atoms with Gasteiger partial charge in [-0.1, -0.05) is 35.9 Å². The molecule has 3 rings (SSSR count). The van der Waals surface area contributed by atoms with Crippen molar-refractivity contribution in [1.29, 1.82) is 0 Å². The van der Waals surface area contributed by atoms with Gasteiger partial charge in [0.1, 0.15) is 12.4 Å². The molecule has 0 atom stereocenters. The zero-order valence-corrected chi connectivity index (χ0v) is 11.3. The molecule has 0 spiro atoms. The van der Waals surface area contributed by atoms with Gasteiger partial charge in [0.05, 0.1) is 6.54 Å². The molecule has 2 heteroatoms. The Morgan fingerprint density at radius 2 is 1.84 bits per heavy atom. The first-order valence-electron chi connectivity index (χ1n) is 6.85. The molecule has 0 unspecified atom stereocenters. The molecule has 0 fully saturated rings. The van der Waals surface area contributed by atoms with Gasteiger partial charge in [0.2, 0.25) is 0 Å². The average Bonchev–Trinajstić information content (AvgIpc) is 2.85. The summed E-state index contributed by atoms with van der Waals surface area (Å²) >= 11 is 0. The van der Waals surface area contributed by atoms with Gasteiger partial charge in [-0.05, 0) is 37.1 Å². The molecular formula is C17H19NO. The van der Waals surface area contributed by atoms with Crippen LogP contribution in [0.5, 0.6) is 5.75 Å². The van der Waals surface area contributed by atoms with Gasteiger partial charge in [-0.25, -0.2) is 0 Å². The van der Waals surface area contributed by atoms with Gasteiger partial charge >= 0.3 is 0 Å². The molecule has 2 aromatic carbocycles. The Morgan fingerprint density at radius 1 is 1.05 bits per heavy atom. The fraction of sp³-hybridized carbons (Fsp3) is 0.294. The SMILES string of the molecule is Cc1ccc(OCCN2CCc3ccccc32)cc1. The Balaban J connectivity index is 1.55. The van der Waals surface area contributed by atoms with Crippen molar-refractivity contribution in [3.05, 3.63) is 59.7 Å². The van der Waals surface area contributed by atoms with Crippen LogP contribution in [-0.2, 0) is 6.42 Å². The lowest BCUT2D eigenvalue weighted by Crippen LogP contribution is -2.26. The Labute approximate surface area is 114 Å². The summed E-state index contributed by atoms with van der Waals surface area (Å²) in [6.45, 7) is 4.88. The number of nitrogens with zero attached hydrogens (tertiary/aromatic N) is 1. The van der Waals surface area contributed by atoms with Gasteiger partial charge in [-0.3, -0.25) is 0 Å². The zero-order valence-electron chi connectivity index (χ0n) is 11.3. The van der Waals surface area contributed by atoms with E-state index in [0.29, 0.717) is 0 Å². The lowest BCUT2D eigenvalue weighted by Gasteiger charge is -2.19. The number of anilines is 1. The molecule has 0 saturated carbocycles. The largest absolute Gasteiger partial charge is 0.492 e. The molecule has 2 aromatic rings. The van der Waals surface area contributed by atoms with Crippen molar-refractivity contribution < 1.29 is 4.74 Å². The molecule has 0 bridgehead atoms. The van der Waals surface area contributed by atoms with Gasteiger partial charge in [0.15, 0.2) is 0 Å². The van der Waals surface area contributed by atoms with E-state index in [-0.39, 0.29) is 0 Å². The Kier molecular flexibility index (Phi) is 3.41. The van der Waals surface area contributed by atoms with E-state index in [1.54, 1.807) is 0 Å². The molecule has 1 aliphatic rings. The highest BCUT2D eigenvalue weighted by atomic mass is 16.5. The first kappa shape index (κ1) is 12.1. The molecule has 0 aromatic heterocycles. The van der Waals surface area contributed by atoms with Crippen LogP contribution in [-0.4, -0.2) is 19.7 Å². The maximum absolute atomic E-state index is 5.80. The van der Waals surface area contributed by atoms with Crippen LogP contribution < -0.4 is 9.64 Å². The molecule has 0 saturated heterocycles. The van der Waals surface area contributed by atoms with E-state index in [0.717, 1.165) is 31.9 Å². The highest BCUT2D eigenvalue weighted by Gasteiger charge is 2.17. The lowest BCUT2D eigenvalue weighted by molar-refractivity contribution is 0.324. The number of benzene rings is 2. The van der Waals surface area contributed by atoms with Crippen LogP contribution >= 0.6 is 0 Å². The summed E-state index contributed by atoms with van der Waals surface area (Å²) in [4.78, 5) is 2.41. The second-order valence-electron chi connectivity index (χ2n) is 5.03. The first-order valence-corrected chi connectivity index (χ1v) is 6.85. The summed E-state index contributed by atoms with van der Waals surface area (Å²) in [6, 6.07) is 16.9. The van der Waals surface area contributed by atoms with Crippen LogP contribution in [0.1, 0.15) is 11.1 Å². The van der Waals surface area contributed by atoms with E-state index in [2.05, 4.69) is 48.2 Å². The van der Waals surface area contributed by atoms with Crippen molar-refractivity contribution >= 4 is 5.69 Å². The van der Waals surface area contributed by atoms with E-state index in [4.69, 9.17) is 4.74 Å². The summed E-state index contributed by atoms with van der Waals surface area (Å²) in [7, 11) is 0. The second kappa shape index (κ2) is 5.35. The van der Waals surface area contributed by atoms with Gasteiger partial charge in [-0.2, -0.15) is 0 Å². The highest BCUT2D eigenvalue weighted by molar-refractivity contribution is 5.57. The van der Waals surface area contributed by atoms with Crippen molar-refractivity contribution in [3.63, 3.8) is 0 Å². The number of aryl methyl sites for hydroxylation is 1. The molecule has 0 amide bonds. The lowest BCUT2D eigenvalue weighted by atomic mass is 10.2. The molecule has 0 radical (unpaired) electrons. The third-order valence-electron chi connectivity index (χ3n) is 3.63. The van der Waals surface area contributed by atoms with E-state index in [1.807, 2.05) is 12.1 Å². The normalized spacial score (nSPS) is 13.4. The third-order valence-corrected chi connectivity index (χ3v) is 3.63. The van der Waals surface area contributed by atoms with E-state index < -0.39 is 0 Å². The quantitative estimate of drug-likeness (QED) is 0.827. The molecular weight excluding hydrogens is 234 g/mol. The maximum atomic E-state index is 5.80. The smallest absolute Gasteiger partial charge is 0.119 e.